The van der Waals surface area contributed by atoms with E-state index in [9.17, 15) is 0 Å². The predicted octanol–water partition coefficient (Wildman–Crippen LogP) is 2.23. The number of aryl methyl sites for hydroxylation is 2. The van der Waals surface area contributed by atoms with Gasteiger partial charge in [-0.1, -0.05) is 12.1 Å². The summed E-state index contributed by atoms with van der Waals surface area (Å²) in [7, 11) is 0. The van der Waals surface area contributed by atoms with Gasteiger partial charge in [-0.15, -0.1) is 0 Å². The van der Waals surface area contributed by atoms with Crippen LogP contribution in [0, 0.1) is 6.92 Å². The summed E-state index contributed by atoms with van der Waals surface area (Å²) in [5.74, 6) is 1.17. The highest BCUT2D eigenvalue weighted by molar-refractivity contribution is 5.98. The first-order valence-electron chi connectivity index (χ1n) is 6.28. The van der Waals surface area contributed by atoms with E-state index >= 15 is 0 Å². The highest BCUT2D eigenvalue weighted by Gasteiger charge is 2.08. The van der Waals surface area contributed by atoms with Crippen LogP contribution in [0.25, 0.3) is 5.69 Å². The van der Waals surface area contributed by atoms with Gasteiger partial charge in [0.25, 0.3) is 0 Å². The highest BCUT2D eigenvalue weighted by atomic mass is 16.4. The second kappa shape index (κ2) is 5.56. The van der Waals surface area contributed by atoms with Crippen LogP contribution in [-0.2, 0) is 6.42 Å². The first-order valence-corrected chi connectivity index (χ1v) is 6.28. The van der Waals surface area contributed by atoms with E-state index < -0.39 is 0 Å². The van der Waals surface area contributed by atoms with Crippen LogP contribution in [0.1, 0.15) is 30.3 Å². The standard InChI is InChI=1S/C14H18N4O/c1-3-4-13-16-7-8-18(13)11-5-6-12(10(2)9-11)14(15)17-19/h5-9,19H,3-4H2,1-2H3,(H2,15,17). The number of rotatable bonds is 4. The number of aromatic nitrogens is 2. The summed E-state index contributed by atoms with van der Waals surface area (Å²) < 4.78 is 2.06. The van der Waals surface area contributed by atoms with Crippen molar-refractivity contribution < 1.29 is 5.21 Å². The fourth-order valence-electron chi connectivity index (χ4n) is 2.12. The fourth-order valence-corrected chi connectivity index (χ4v) is 2.12. The summed E-state index contributed by atoms with van der Waals surface area (Å²) in [6, 6.07) is 5.81. The van der Waals surface area contributed by atoms with Crippen LogP contribution in [0.5, 0.6) is 0 Å². The van der Waals surface area contributed by atoms with Crippen molar-refractivity contribution in [3.63, 3.8) is 0 Å². The first kappa shape index (κ1) is 13.1. The Kier molecular flexibility index (Phi) is 3.85. The van der Waals surface area contributed by atoms with Crippen LogP contribution in [0.15, 0.2) is 35.7 Å². The van der Waals surface area contributed by atoms with Crippen molar-refractivity contribution in [2.24, 2.45) is 10.9 Å². The van der Waals surface area contributed by atoms with E-state index in [0.717, 1.165) is 35.5 Å². The monoisotopic (exact) mass is 258 g/mol. The van der Waals surface area contributed by atoms with E-state index in [4.69, 9.17) is 10.9 Å². The number of nitrogens with zero attached hydrogens (tertiary/aromatic N) is 3. The van der Waals surface area contributed by atoms with Gasteiger partial charge in [-0.3, -0.25) is 0 Å². The summed E-state index contributed by atoms with van der Waals surface area (Å²) in [6.45, 7) is 4.07. The van der Waals surface area contributed by atoms with Crippen molar-refractivity contribution in [1.29, 1.82) is 0 Å². The molecule has 0 fully saturated rings. The molecule has 0 unspecified atom stereocenters. The zero-order valence-corrected chi connectivity index (χ0v) is 11.2. The normalized spacial score (nSPS) is 11.8. The Balaban J connectivity index is 2.42. The number of oxime groups is 1. The summed E-state index contributed by atoms with van der Waals surface area (Å²) in [5.41, 5.74) is 8.36. The second-order valence-electron chi connectivity index (χ2n) is 4.45. The maximum absolute atomic E-state index is 8.73. The van der Waals surface area contributed by atoms with Gasteiger partial charge in [0, 0.05) is 30.1 Å². The van der Waals surface area contributed by atoms with Gasteiger partial charge >= 0.3 is 0 Å². The Morgan fingerprint density at radius 2 is 2.26 bits per heavy atom. The van der Waals surface area contributed by atoms with Gasteiger partial charge in [-0.05, 0) is 37.1 Å². The SMILES string of the molecule is CCCc1nccn1-c1ccc(/C(N)=N/O)c(C)c1. The maximum atomic E-state index is 8.73. The van der Waals surface area contributed by atoms with Gasteiger partial charge in [0.1, 0.15) is 5.82 Å². The van der Waals surface area contributed by atoms with E-state index in [0.29, 0.717) is 0 Å². The average molecular weight is 258 g/mol. The molecular weight excluding hydrogens is 240 g/mol. The molecular formula is C14H18N4O. The minimum Gasteiger partial charge on any atom is -0.409 e. The molecule has 0 radical (unpaired) electrons. The average Bonchev–Trinajstić information content (AvgIpc) is 2.86. The molecule has 0 aliphatic heterocycles. The Morgan fingerprint density at radius 1 is 1.47 bits per heavy atom. The van der Waals surface area contributed by atoms with Crippen molar-refractivity contribution in [2.45, 2.75) is 26.7 Å². The molecule has 0 saturated heterocycles. The summed E-state index contributed by atoms with van der Waals surface area (Å²) in [4.78, 5) is 4.36. The van der Waals surface area contributed by atoms with E-state index in [1.165, 1.54) is 0 Å². The maximum Gasteiger partial charge on any atom is 0.170 e. The number of nitrogens with two attached hydrogens (primary N) is 1. The summed E-state index contributed by atoms with van der Waals surface area (Å²) >= 11 is 0. The molecule has 0 atom stereocenters. The largest absolute Gasteiger partial charge is 0.409 e. The summed E-state index contributed by atoms with van der Waals surface area (Å²) in [6.07, 6.45) is 5.74. The molecule has 3 N–H and O–H groups in total. The minimum absolute atomic E-state index is 0.128. The van der Waals surface area contributed by atoms with Crippen LogP contribution in [0.2, 0.25) is 0 Å². The predicted molar refractivity (Wildman–Crippen MR) is 74.8 cm³/mol. The molecule has 1 heterocycles. The van der Waals surface area contributed by atoms with Gasteiger partial charge in [0.05, 0.1) is 0 Å². The molecule has 0 saturated carbocycles. The molecule has 2 aromatic rings. The van der Waals surface area contributed by atoms with E-state index in [1.807, 2.05) is 31.3 Å². The van der Waals surface area contributed by atoms with Crippen molar-refractivity contribution >= 4 is 5.84 Å². The lowest BCUT2D eigenvalue weighted by molar-refractivity contribution is 0.318. The molecule has 0 aliphatic rings. The van der Waals surface area contributed by atoms with Crippen molar-refractivity contribution in [1.82, 2.24) is 9.55 Å². The van der Waals surface area contributed by atoms with Gasteiger partial charge in [-0.25, -0.2) is 4.98 Å². The third-order valence-electron chi connectivity index (χ3n) is 3.06. The van der Waals surface area contributed by atoms with Crippen molar-refractivity contribution in [3.8, 4) is 5.69 Å². The van der Waals surface area contributed by atoms with Crippen molar-refractivity contribution in [3.05, 3.63) is 47.5 Å². The quantitative estimate of drug-likeness (QED) is 0.382. The van der Waals surface area contributed by atoms with Crippen LogP contribution in [-0.4, -0.2) is 20.6 Å². The fraction of sp³-hybridized carbons (Fsp3) is 0.286. The van der Waals surface area contributed by atoms with Crippen LogP contribution >= 0.6 is 0 Å². The molecule has 19 heavy (non-hydrogen) atoms. The molecule has 0 aliphatic carbocycles. The van der Waals surface area contributed by atoms with Gasteiger partial charge < -0.3 is 15.5 Å². The smallest absolute Gasteiger partial charge is 0.170 e. The third kappa shape index (κ3) is 2.59. The minimum atomic E-state index is 0.128. The van der Waals surface area contributed by atoms with Crippen LogP contribution in [0.4, 0.5) is 0 Å². The molecule has 0 amide bonds. The number of hydrogen-bond donors (Lipinski definition) is 2. The lowest BCUT2D eigenvalue weighted by Gasteiger charge is -2.10. The van der Waals surface area contributed by atoms with Gasteiger partial charge in [0.2, 0.25) is 0 Å². The molecule has 0 bridgehead atoms. The first-order chi connectivity index (χ1) is 9.17. The number of amidine groups is 1. The summed E-state index contributed by atoms with van der Waals surface area (Å²) in [5, 5.41) is 11.8. The highest BCUT2D eigenvalue weighted by Crippen LogP contribution is 2.17. The number of hydrogen-bond acceptors (Lipinski definition) is 3. The molecule has 1 aromatic heterocycles. The number of imidazole rings is 1. The molecule has 100 valence electrons. The van der Waals surface area contributed by atoms with Gasteiger partial charge in [0.15, 0.2) is 5.84 Å². The van der Waals surface area contributed by atoms with Crippen LogP contribution < -0.4 is 5.73 Å². The Hall–Kier alpha value is -2.30. The second-order valence-corrected chi connectivity index (χ2v) is 4.45. The van der Waals surface area contributed by atoms with Crippen LogP contribution in [0.3, 0.4) is 0 Å². The molecule has 1 aromatic carbocycles. The number of benzene rings is 1. The van der Waals surface area contributed by atoms with E-state index in [2.05, 4.69) is 21.6 Å². The Morgan fingerprint density at radius 3 is 2.89 bits per heavy atom. The van der Waals surface area contributed by atoms with E-state index in [-0.39, 0.29) is 5.84 Å². The molecule has 0 spiro atoms. The zero-order valence-electron chi connectivity index (χ0n) is 11.2. The molecule has 5 nitrogen and oxygen atoms in total. The van der Waals surface area contributed by atoms with Gasteiger partial charge in [-0.2, -0.15) is 0 Å². The lowest BCUT2D eigenvalue weighted by Crippen LogP contribution is -2.15. The molecule has 2 rings (SSSR count). The molecule has 5 heteroatoms. The Labute approximate surface area is 112 Å². The van der Waals surface area contributed by atoms with Crippen molar-refractivity contribution in [2.75, 3.05) is 0 Å². The Bertz CT molecular complexity index is 601. The third-order valence-corrected chi connectivity index (χ3v) is 3.06. The zero-order chi connectivity index (χ0) is 13.8. The lowest BCUT2D eigenvalue weighted by atomic mass is 10.1. The van der Waals surface area contributed by atoms with E-state index in [1.54, 1.807) is 6.20 Å². The topological polar surface area (TPSA) is 76.4 Å².